The van der Waals surface area contributed by atoms with Crippen LogP contribution in [0.1, 0.15) is 30.0 Å². The first kappa shape index (κ1) is 25.1. The lowest BCUT2D eigenvalue weighted by molar-refractivity contribution is -0.184. The van der Waals surface area contributed by atoms with Crippen molar-refractivity contribution in [3.05, 3.63) is 108 Å². The van der Waals surface area contributed by atoms with Crippen LogP contribution in [0.3, 0.4) is 0 Å². The van der Waals surface area contributed by atoms with Crippen molar-refractivity contribution in [1.29, 1.82) is 0 Å². The molecular weight excluding hydrogens is 416 g/mol. The van der Waals surface area contributed by atoms with Crippen molar-refractivity contribution in [2.45, 2.75) is 57.6 Å². The third kappa shape index (κ3) is 8.07. The molecule has 0 aliphatic heterocycles. The summed E-state index contributed by atoms with van der Waals surface area (Å²) in [4.78, 5) is 0. The van der Waals surface area contributed by atoms with Crippen LogP contribution in [0, 0.1) is 0 Å². The molecule has 0 fully saturated rings. The van der Waals surface area contributed by atoms with Gasteiger partial charge in [-0.15, -0.1) is 0 Å². The van der Waals surface area contributed by atoms with Crippen molar-refractivity contribution >= 4 is 0 Å². The van der Waals surface area contributed by atoms with Gasteiger partial charge in [-0.3, -0.25) is 0 Å². The average Bonchev–Trinajstić information content (AvgIpc) is 2.88. The van der Waals surface area contributed by atoms with E-state index in [9.17, 15) is 10.2 Å². The zero-order chi connectivity index (χ0) is 23.3. The van der Waals surface area contributed by atoms with E-state index in [1.165, 1.54) is 0 Å². The molecule has 0 amide bonds. The molecule has 0 heterocycles. The highest BCUT2D eigenvalue weighted by atomic mass is 16.6. The first-order chi connectivity index (χ1) is 16.2. The summed E-state index contributed by atoms with van der Waals surface area (Å²) in [6, 6.07) is 29.6. The van der Waals surface area contributed by atoms with Crippen LogP contribution in [-0.4, -0.2) is 41.2 Å². The topological polar surface area (TPSA) is 68.2 Å². The van der Waals surface area contributed by atoms with E-state index in [1.807, 2.05) is 97.9 Å². The molecule has 5 heteroatoms. The number of ether oxygens (including phenoxy) is 3. The lowest BCUT2D eigenvalue weighted by atomic mass is 10.00. The molecule has 0 aliphatic carbocycles. The standard InChI is InChI=1S/C28H34O5/c1-2-26(31-19-22-12-6-3-7-13-22)28(33-21-24-16-10-5-11-17-24)27(25(30)18-29)32-20-23-14-8-4-9-15-23/h3-17,25-30H,2,18-21H2,1H3/t25?,26-,27+,28-/m1/s1. The fourth-order valence-electron chi connectivity index (χ4n) is 3.70. The van der Waals surface area contributed by atoms with Crippen molar-refractivity contribution in [3.63, 3.8) is 0 Å². The fraction of sp³-hybridized carbons (Fsp3) is 0.357. The maximum atomic E-state index is 10.7. The van der Waals surface area contributed by atoms with Gasteiger partial charge in [0.05, 0.1) is 32.5 Å². The Labute approximate surface area is 196 Å². The Balaban J connectivity index is 1.78. The van der Waals surface area contributed by atoms with E-state index in [1.54, 1.807) is 0 Å². The molecule has 176 valence electrons. The summed E-state index contributed by atoms with van der Waals surface area (Å²) in [5, 5.41) is 20.5. The number of hydrogen-bond acceptors (Lipinski definition) is 5. The quantitative estimate of drug-likeness (QED) is 0.378. The lowest BCUT2D eigenvalue weighted by Crippen LogP contribution is -2.49. The smallest absolute Gasteiger partial charge is 0.115 e. The summed E-state index contributed by atoms with van der Waals surface area (Å²) in [5.74, 6) is 0. The minimum absolute atomic E-state index is 0.295. The van der Waals surface area contributed by atoms with E-state index in [4.69, 9.17) is 14.2 Å². The van der Waals surface area contributed by atoms with E-state index < -0.39 is 24.9 Å². The number of aliphatic hydroxyl groups excluding tert-OH is 2. The highest BCUT2D eigenvalue weighted by Gasteiger charge is 2.36. The molecule has 33 heavy (non-hydrogen) atoms. The van der Waals surface area contributed by atoms with Gasteiger partial charge in [-0.1, -0.05) is 97.9 Å². The van der Waals surface area contributed by atoms with E-state index in [0.29, 0.717) is 26.2 Å². The Morgan fingerprint density at radius 1 is 0.606 bits per heavy atom. The second-order valence-electron chi connectivity index (χ2n) is 8.02. The highest BCUT2D eigenvalue weighted by Crippen LogP contribution is 2.22. The number of aliphatic hydroxyl groups is 2. The molecule has 0 radical (unpaired) electrons. The summed E-state index contributed by atoms with van der Waals surface area (Å²) >= 11 is 0. The molecule has 2 N–H and O–H groups in total. The van der Waals surface area contributed by atoms with Gasteiger partial charge in [-0.25, -0.2) is 0 Å². The van der Waals surface area contributed by atoms with Gasteiger partial charge < -0.3 is 24.4 Å². The molecule has 0 aromatic heterocycles. The molecular formula is C28H34O5. The predicted molar refractivity (Wildman–Crippen MR) is 128 cm³/mol. The van der Waals surface area contributed by atoms with Crippen molar-refractivity contribution in [1.82, 2.24) is 0 Å². The summed E-state index contributed by atoms with van der Waals surface area (Å²) < 4.78 is 18.7. The Morgan fingerprint density at radius 2 is 1.00 bits per heavy atom. The first-order valence-electron chi connectivity index (χ1n) is 11.5. The Kier molecular flexibility index (Phi) is 10.6. The van der Waals surface area contributed by atoms with Crippen LogP contribution in [0.25, 0.3) is 0 Å². The number of benzene rings is 3. The molecule has 0 bridgehead atoms. The third-order valence-corrected chi connectivity index (χ3v) is 5.54. The van der Waals surface area contributed by atoms with E-state index in [2.05, 4.69) is 0 Å². The number of hydrogen-bond donors (Lipinski definition) is 2. The van der Waals surface area contributed by atoms with Gasteiger partial charge in [0.25, 0.3) is 0 Å². The molecule has 0 aliphatic rings. The minimum atomic E-state index is -1.11. The third-order valence-electron chi connectivity index (χ3n) is 5.54. The van der Waals surface area contributed by atoms with E-state index >= 15 is 0 Å². The van der Waals surface area contributed by atoms with Crippen molar-refractivity contribution in [2.24, 2.45) is 0 Å². The summed E-state index contributed by atoms with van der Waals surface area (Å²) in [6.07, 6.45) is -2.13. The van der Waals surface area contributed by atoms with Crippen LogP contribution >= 0.6 is 0 Å². The van der Waals surface area contributed by atoms with Gasteiger partial charge in [0.2, 0.25) is 0 Å². The Bertz CT molecular complexity index is 888. The van der Waals surface area contributed by atoms with Crippen LogP contribution in [0.4, 0.5) is 0 Å². The normalized spacial score (nSPS) is 15.0. The Morgan fingerprint density at radius 3 is 1.39 bits per heavy atom. The van der Waals surface area contributed by atoms with Crippen LogP contribution in [0.15, 0.2) is 91.0 Å². The molecule has 0 saturated heterocycles. The molecule has 3 rings (SSSR count). The lowest BCUT2D eigenvalue weighted by Gasteiger charge is -2.35. The van der Waals surface area contributed by atoms with Gasteiger partial charge >= 0.3 is 0 Å². The minimum Gasteiger partial charge on any atom is -0.394 e. The van der Waals surface area contributed by atoms with E-state index in [-0.39, 0.29) is 6.10 Å². The molecule has 0 spiro atoms. The SMILES string of the molecule is CC[C@@H](OCc1ccccc1)[C@@H](OCc1ccccc1)[C@@H](OCc1ccccc1)C(O)CO. The van der Waals surface area contributed by atoms with Crippen LogP contribution in [-0.2, 0) is 34.0 Å². The molecule has 5 nitrogen and oxygen atoms in total. The summed E-state index contributed by atoms with van der Waals surface area (Å²) in [7, 11) is 0. The average molecular weight is 451 g/mol. The number of rotatable bonds is 14. The van der Waals surface area contributed by atoms with Crippen LogP contribution in [0.5, 0.6) is 0 Å². The molecule has 0 saturated carbocycles. The monoisotopic (exact) mass is 450 g/mol. The maximum Gasteiger partial charge on any atom is 0.115 e. The zero-order valence-corrected chi connectivity index (χ0v) is 19.1. The van der Waals surface area contributed by atoms with Crippen LogP contribution in [0.2, 0.25) is 0 Å². The fourth-order valence-corrected chi connectivity index (χ4v) is 3.70. The van der Waals surface area contributed by atoms with Gasteiger partial charge in [-0.05, 0) is 23.1 Å². The molecule has 3 aromatic carbocycles. The van der Waals surface area contributed by atoms with Gasteiger partial charge in [0.1, 0.15) is 18.3 Å². The molecule has 1 unspecified atom stereocenters. The predicted octanol–water partition coefficient (Wildman–Crippen LogP) is 4.51. The molecule has 4 atom stereocenters. The highest BCUT2D eigenvalue weighted by molar-refractivity contribution is 5.15. The summed E-state index contributed by atoms with van der Waals surface area (Å²) in [5.41, 5.74) is 3.05. The first-order valence-corrected chi connectivity index (χ1v) is 11.5. The molecule has 3 aromatic rings. The van der Waals surface area contributed by atoms with Gasteiger partial charge in [0.15, 0.2) is 0 Å². The second kappa shape index (κ2) is 13.9. The van der Waals surface area contributed by atoms with Gasteiger partial charge in [-0.2, -0.15) is 0 Å². The van der Waals surface area contributed by atoms with Crippen molar-refractivity contribution < 1.29 is 24.4 Å². The zero-order valence-electron chi connectivity index (χ0n) is 19.1. The van der Waals surface area contributed by atoms with Crippen molar-refractivity contribution in [2.75, 3.05) is 6.61 Å². The van der Waals surface area contributed by atoms with E-state index in [0.717, 1.165) is 16.7 Å². The largest absolute Gasteiger partial charge is 0.394 e. The summed E-state index contributed by atoms with van der Waals surface area (Å²) in [6.45, 7) is 2.65. The Hall–Kier alpha value is -2.54. The second-order valence-corrected chi connectivity index (χ2v) is 8.02. The van der Waals surface area contributed by atoms with Crippen LogP contribution < -0.4 is 0 Å². The van der Waals surface area contributed by atoms with Gasteiger partial charge in [0, 0.05) is 0 Å². The maximum absolute atomic E-state index is 10.7. The van der Waals surface area contributed by atoms with Crippen molar-refractivity contribution in [3.8, 4) is 0 Å².